The van der Waals surface area contributed by atoms with Crippen molar-refractivity contribution in [1.82, 2.24) is 20.9 Å². The first-order valence-corrected chi connectivity index (χ1v) is 6.99. The molecule has 3 N–H and O–H groups in total. The fourth-order valence-electron chi connectivity index (χ4n) is 2.24. The summed E-state index contributed by atoms with van der Waals surface area (Å²) in [6.45, 7) is 7.98. The molecule has 4 nitrogen and oxygen atoms in total. The number of aromatic nitrogens is 1. The molecule has 0 saturated heterocycles. The molecule has 1 aromatic rings. The molecule has 0 amide bonds. The van der Waals surface area contributed by atoms with E-state index in [0.29, 0.717) is 0 Å². The largest absolute Gasteiger partial charge is 0.314 e. The van der Waals surface area contributed by atoms with E-state index in [1.165, 1.54) is 23.4 Å². The Morgan fingerprint density at radius 3 is 2.06 bits per heavy atom. The second kappa shape index (κ2) is 7.46. The molecule has 1 aliphatic rings. The van der Waals surface area contributed by atoms with Crippen LogP contribution < -0.4 is 16.0 Å². The molecule has 18 heavy (non-hydrogen) atoms. The van der Waals surface area contributed by atoms with E-state index in [1.54, 1.807) is 0 Å². The molecule has 0 atom stereocenters. The molecule has 0 radical (unpaired) electrons. The third kappa shape index (κ3) is 4.37. The Kier molecular flexibility index (Phi) is 5.58. The van der Waals surface area contributed by atoms with Crippen LogP contribution in [0.3, 0.4) is 0 Å². The molecule has 2 bridgehead atoms. The molecule has 2 heterocycles. The third-order valence-electron chi connectivity index (χ3n) is 3.10. The van der Waals surface area contributed by atoms with Gasteiger partial charge in [0, 0.05) is 39.3 Å². The number of nitrogens with zero attached hydrogens (tertiary/aromatic N) is 1. The summed E-state index contributed by atoms with van der Waals surface area (Å²) in [6.07, 6.45) is 2.33. The van der Waals surface area contributed by atoms with E-state index in [1.807, 2.05) is 0 Å². The van der Waals surface area contributed by atoms with E-state index in [-0.39, 0.29) is 0 Å². The van der Waals surface area contributed by atoms with Crippen molar-refractivity contribution in [1.29, 1.82) is 0 Å². The summed E-state index contributed by atoms with van der Waals surface area (Å²) in [6, 6.07) is 4.47. The Labute approximate surface area is 110 Å². The fourth-order valence-corrected chi connectivity index (χ4v) is 2.24. The summed E-state index contributed by atoms with van der Waals surface area (Å²) >= 11 is 0. The molecule has 0 aromatic carbocycles. The molecule has 0 saturated carbocycles. The zero-order chi connectivity index (χ0) is 12.6. The highest BCUT2D eigenvalue weighted by Gasteiger charge is 2.04. The number of nitrogens with one attached hydrogen (secondary N) is 3. The number of fused-ring (bicyclic) bond motifs is 2. The number of rotatable bonds is 2. The fraction of sp³-hybridized carbons (Fsp3) is 0.643. The lowest BCUT2D eigenvalue weighted by atomic mass is 10.1. The van der Waals surface area contributed by atoms with Gasteiger partial charge in [0.2, 0.25) is 0 Å². The smallest absolute Gasteiger partial charge is 0.0548 e. The first-order valence-electron chi connectivity index (χ1n) is 6.99. The van der Waals surface area contributed by atoms with Gasteiger partial charge in [0.05, 0.1) is 11.4 Å². The summed E-state index contributed by atoms with van der Waals surface area (Å²) in [5.41, 5.74) is 3.74. The predicted molar refractivity (Wildman–Crippen MR) is 74.5 cm³/mol. The normalized spacial score (nSPS) is 17.8. The maximum absolute atomic E-state index is 4.70. The van der Waals surface area contributed by atoms with Gasteiger partial charge in [0.25, 0.3) is 0 Å². The van der Waals surface area contributed by atoms with Gasteiger partial charge < -0.3 is 16.0 Å². The van der Waals surface area contributed by atoms with E-state index in [4.69, 9.17) is 4.98 Å². The van der Waals surface area contributed by atoms with Gasteiger partial charge in [0.15, 0.2) is 0 Å². The van der Waals surface area contributed by atoms with Crippen LogP contribution in [0.25, 0.3) is 0 Å². The van der Waals surface area contributed by atoms with E-state index < -0.39 is 0 Å². The minimum Gasteiger partial charge on any atom is -0.314 e. The zero-order valence-corrected chi connectivity index (χ0v) is 11.3. The highest BCUT2D eigenvalue weighted by atomic mass is 15.0. The minimum absolute atomic E-state index is 0.867. The molecule has 0 spiro atoms. The van der Waals surface area contributed by atoms with Gasteiger partial charge in [-0.1, -0.05) is 13.3 Å². The van der Waals surface area contributed by atoms with Crippen LogP contribution in [-0.4, -0.2) is 31.2 Å². The summed E-state index contributed by atoms with van der Waals surface area (Å²) in [7, 11) is 0. The average molecular weight is 248 g/mol. The van der Waals surface area contributed by atoms with Crippen molar-refractivity contribution < 1.29 is 0 Å². The SMILES string of the molecule is CCCc1cc2nc(c1)CNCCNCCNC2. The lowest BCUT2D eigenvalue weighted by Crippen LogP contribution is -2.33. The van der Waals surface area contributed by atoms with Crippen LogP contribution in [0.2, 0.25) is 0 Å². The summed E-state index contributed by atoms with van der Waals surface area (Å²) in [4.78, 5) is 4.70. The highest BCUT2D eigenvalue weighted by Crippen LogP contribution is 2.09. The molecule has 100 valence electrons. The van der Waals surface area contributed by atoms with Gasteiger partial charge in [0.1, 0.15) is 0 Å². The van der Waals surface area contributed by atoms with E-state index in [9.17, 15) is 0 Å². The van der Waals surface area contributed by atoms with Crippen molar-refractivity contribution in [3.63, 3.8) is 0 Å². The topological polar surface area (TPSA) is 49.0 Å². The average Bonchev–Trinajstić information content (AvgIpc) is 2.35. The van der Waals surface area contributed by atoms with Crippen LogP contribution in [-0.2, 0) is 19.5 Å². The Morgan fingerprint density at radius 1 is 0.944 bits per heavy atom. The summed E-state index contributed by atoms with van der Waals surface area (Å²) < 4.78 is 0. The maximum Gasteiger partial charge on any atom is 0.0548 e. The van der Waals surface area contributed by atoms with Crippen LogP contribution in [0.15, 0.2) is 12.1 Å². The van der Waals surface area contributed by atoms with Gasteiger partial charge in [-0.3, -0.25) is 4.98 Å². The van der Waals surface area contributed by atoms with Crippen LogP contribution >= 0.6 is 0 Å². The van der Waals surface area contributed by atoms with Gasteiger partial charge in [-0.15, -0.1) is 0 Å². The van der Waals surface area contributed by atoms with Crippen LogP contribution in [0.1, 0.15) is 30.3 Å². The first kappa shape index (κ1) is 13.5. The Morgan fingerprint density at radius 2 is 1.50 bits per heavy atom. The van der Waals surface area contributed by atoms with Gasteiger partial charge >= 0.3 is 0 Å². The van der Waals surface area contributed by atoms with Gasteiger partial charge in [-0.25, -0.2) is 0 Å². The minimum atomic E-state index is 0.867. The zero-order valence-electron chi connectivity index (χ0n) is 11.3. The van der Waals surface area contributed by atoms with Crippen molar-refractivity contribution in [2.45, 2.75) is 32.9 Å². The van der Waals surface area contributed by atoms with Crippen molar-refractivity contribution in [2.24, 2.45) is 0 Å². The lowest BCUT2D eigenvalue weighted by molar-refractivity contribution is 0.565. The number of hydrogen-bond acceptors (Lipinski definition) is 4. The molecular formula is C14H24N4. The lowest BCUT2D eigenvalue weighted by Gasteiger charge is -2.13. The van der Waals surface area contributed by atoms with Crippen LogP contribution in [0.5, 0.6) is 0 Å². The summed E-state index contributed by atoms with van der Waals surface area (Å²) in [5.74, 6) is 0. The molecule has 1 aromatic heterocycles. The van der Waals surface area contributed by atoms with E-state index in [0.717, 1.165) is 45.7 Å². The van der Waals surface area contributed by atoms with Crippen molar-refractivity contribution in [3.05, 3.63) is 29.1 Å². The van der Waals surface area contributed by atoms with E-state index in [2.05, 4.69) is 35.0 Å². The number of hydrogen-bond donors (Lipinski definition) is 3. The quantitative estimate of drug-likeness (QED) is 0.725. The van der Waals surface area contributed by atoms with E-state index >= 15 is 0 Å². The molecule has 0 unspecified atom stereocenters. The molecule has 2 rings (SSSR count). The second-order valence-corrected chi connectivity index (χ2v) is 4.81. The Balaban J connectivity index is 2.10. The van der Waals surface area contributed by atoms with Crippen LogP contribution in [0.4, 0.5) is 0 Å². The van der Waals surface area contributed by atoms with Gasteiger partial charge in [-0.2, -0.15) is 0 Å². The number of aryl methyl sites for hydroxylation is 1. The Bertz CT molecular complexity index is 337. The first-order chi connectivity index (χ1) is 8.88. The summed E-state index contributed by atoms with van der Waals surface area (Å²) in [5, 5.41) is 10.3. The molecule has 0 aliphatic carbocycles. The highest BCUT2D eigenvalue weighted by molar-refractivity contribution is 5.22. The van der Waals surface area contributed by atoms with Crippen molar-refractivity contribution in [3.8, 4) is 0 Å². The van der Waals surface area contributed by atoms with Crippen molar-refractivity contribution in [2.75, 3.05) is 26.2 Å². The molecule has 4 heteroatoms. The number of pyridine rings is 1. The molecule has 1 aliphatic heterocycles. The maximum atomic E-state index is 4.70. The monoisotopic (exact) mass is 248 g/mol. The standard InChI is InChI=1S/C14H24N4/c1-2-3-12-8-13-10-16-6-4-15-5-7-17-11-14(9-12)18-13/h8-9,15-17H,2-7,10-11H2,1H3. The molecule has 0 fully saturated rings. The Hall–Kier alpha value is -0.970. The predicted octanol–water partition coefficient (Wildman–Crippen LogP) is 0.817. The molecular weight excluding hydrogens is 224 g/mol. The van der Waals surface area contributed by atoms with Crippen molar-refractivity contribution >= 4 is 0 Å². The second-order valence-electron chi connectivity index (χ2n) is 4.81. The van der Waals surface area contributed by atoms with Gasteiger partial charge in [-0.05, 0) is 24.1 Å². The van der Waals surface area contributed by atoms with Crippen LogP contribution in [0, 0.1) is 0 Å². The third-order valence-corrected chi connectivity index (χ3v) is 3.10.